The summed E-state index contributed by atoms with van der Waals surface area (Å²) >= 11 is 3.00. The van der Waals surface area contributed by atoms with Crippen molar-refractivity contribution in [3.05, 3.63) is 28.1 Å². The first-order chi connectivity index (χ1) is 9.15. The van der Waals surface area contributed by atoms with E-state index in [0.29, 0.717) is 11.3 Å². The van der Waals surface area contributed by atoms with Crippen molar-refractivity contribution in [2.75, 3.05) is 6.61 Å². The average Bonchev–Trinajstić information content (AvgIpc) is 3.04. The lowest BCUT2D eigenvalue weighted by Crippen LogP contribution is -2.36. The summed E-state index contributed by atoms with van der Waals surface area (Å²) in [5.74, 6) is -0.154. The maximum Gasteiger partial charge on any atom is 0.263 e. The number of nitrogens with one attached hydrogen (secondary N) is 1. The molecule has 0 aliphatic rings. The molecule has 2 N–H and O–H groups in total. The predicted octanol–water partition coefficient (Wildman–Crippen LogP) is 2.68. The molecule has 102 valence electrons. The number of hydrogen-bond donors (Lipinski definition) is 2. The van der Waals surface area contributed by atoms with E-state index < -0.39 is 0 Å². The number of aryl methyl sites for hydroxylation is 1. The lowest BCUT2D eigenvalue weighted by Gasteiger charge is -2.12. The Labute approximate surface area is 120 Å². The normalized spacial score (nSPS) is 12.4. The molecule has 19 heavy (non-hydrogen) atoms. The van der Waals surface area contributed by atoms with Crippen LogP contribution < -0.4 is 5.32 Å². The van der Waals surface area contributed by atoms with Gasteiger partial charge in [0.2, 0.25) is 0 Å². The van der Waals surface area contributed by atoms with E-state index in [4.69, 9.17) is 5.11 Å². The van der Waals surface area contributed by atoms with Crippen molar-refractivity contribution in [3.63, 3.8) is 0 Å². The van der Waals surface area contributed by atoms with Crippen molar-refractivity contribution in [1.82, 2.24) is 10.3 Å². The second-order valence-corrected chi connectivity index (χ2v) is 6.12. The van der Waals surface area contributed by atoms with Gasteiger partial charge in [0, 0.05) is 0 Å². The fraction of sp³-hybridized carbons (Fsp3) is 0.385. The smallest absolute Gasteiger partial charge is 0.263 e. The van der Waals surface area contributed by atoms with Crippen LogP contribution in [0.2, 0.25) is 0 Å². The molecule has 2 aromatic rings. The van der Waals surface area contributed by atoms with Crippen LogP contribution in [0.3, 0.4) is 0 Å². The Morgan fingerprint density at radius 1 is 1.58 bits per heavy atom. The number of aliphatic hydroxyl groups excluding tert-OH is 1. The summed E-state index contributed by atoms with van der Waals surface area (Å²) in [6.07, 6.45) is 0.706. The van der Waals surface area contributed by atoms with Gasteiger partial charge in [0.05, 0.1) is 23.2 Å². The number of amides is 1. The summed E-state index contributed by atoms with van der Waals surface area (Å²) in [4.78, 5) is 18.3. The van der Waals surface area contributed by atoms with Gasteiger partial charge in [0.25, 0.3) is 5.91 Å². The highest BCUT2D eigenvalue weighted by Crippen LogP contribution is 2.30. The van der Waals surface area contributed by atoms with Gasteiger partial charge in [-0.2, -0.15) is 0 Å². The van der Waals surface area contributed by atoms with Gasteiger partial charge < -0.3 is 10.4 Å². The maximum absolute atomic E-state index is 12.1. The third-order valence-corrected chi connectivity index (χ3v) is 4.98. The maximum atomic E-state index is 12.1. The van der Waals surface area contributed by atoms with E-state index in [1.165, 1.54) is 11.3 Å². The number of hydrogen-bond acceptors (Lipinski definition) is 5. The quantitative estimate of drug-likeness (QED) is 0.891. The van der Waals surface area contributed by atoms with Crippen molar-refractivity contribution in [2.45, 2.75) is 26.3 Å². The highest BCUT2D eigenvalue weighted by Gasteiger charge is 2.18. The molecule has 2 heterocycles. The highest BCUT2D eigenvalue weighted by atomic mass is 32.1. The molecule has 0 radical (unpaired) electrons. The molecule has 0 fully saturated rings. The van der Waals surface area contributed by atoms with Crippen LogP contribution in [0.4, 0.5) is 0 Å². The molecular formula is C13H16N2O2S2. The van der Waals surface area contributed by atoms with E-state index in [9.17, 15) is 4.79 Å². The summed E-state index contributed by atoms with van der Waals surface area (Å²) in [5, 5.41) is 14.8. The Bertz CT molecular complexity index is 545. The van der Waals surface area contributed by atoms with Crippen LogP contribution in [0.1, 0.15) is 28.7 Å². The van der Waals surface area contributed by atoms with Gasteiger partial charge in [-0.15, -0.1) is 22.7 Å². The number of thiazole rings is 1. The minimum absolute atomic E-state index is 0.0438. The van der Waals surface area contributed by atoms with Gasteiger partial charge in [0.15, 0.2) is 0 Å². The SMILES string of the molecule is CC[C@H](CO)NC(=O)c1sc(-c2cccs2)nc1C. The number of carbonyl (C=O) groups is 1. The van der Waals surface area contributed by atoms with Crippen LogP contribution in [0, 0.1) is 6.92 Å². The molecule has 4 nitrogen and oxygen atoms in total. The molecule has 0 saturated carbocycles. The molecule has 1 amide bonds. The standard InChI is InChI=1S/C13H16N2O2S2/c1-3-9(7-16)15-12(17)11-8(2)14-13(19-11)10-5-4-6-18-10/h4-6,9,16H,3,7H2,1-2H3,(H,15,17)/t9-/m1/s1. The van der Waals surface area contributed by atoms with Crippen LogP contribution in [0.15, 0.2) is 17.5 Å². The van der Waals surface area contributed by atoms with Crippen molar-refractivity contribution >= 4 is 28.6 Å². The van der Waals surface area contributed by atoms with E-state index in [0.717, 1.165) is 15.6 Å². The highest BCUT2D eigenvalue weighted by molar-refractivity contribution is 7.22. The number of aliphatic hydroxyl groups is 1. The number of nitrogens with zero attached hydrogens (tertiary/aromatic N) is 1. The molecule has 2 rings (SSSR count). The molecule has 2 aromatic heterocycles. The predicted molar refractivity (Wildman–Crippen MR) is 78.8 cm³/mol. The zero-order valence-electron chi connectivity index (χ0n) is 10.8. The summed E-state index contributed by atoms with van der Waals surface area (Å²) in [6, 6.07) is 3.77. The van der Waals surface area contributed by atoms with E-state index in [1.54, 1.807) is 11.3 Å². The zero-order chi connectivity index (χ0) is 13.8. The Balaban J connectivity index is 2.19. The molecule has 0 aromatic carbocycles. The molecule has 0 aliphatic carbocycles. The number of carbonyl (C=O) groups excluding carboxylic acids is 1. The second-order valence-electron chi connectivity index (χ2n) is 4.17. The summed E-state index contributed by atoms with van der Waals surface area (Å²) in [7, 11) is 0. The topological polar surface area (TPSA) is 62.2 Å². The fourth-order valence-corrected chi connectivity index (χ4v) is 3.41. The Hall–Kier alpha value is -1.24. The minimum Gasteiger partial charge on any atom is -0.394 e. The Morgan fingerprint density at radius 3 is 2.95 bits per heavy atom. The molecule has 0 unspecified atom stereocenters. The number of aromatic nitrogens is 1. The first kappa shape index (κ1) is 14.2. The van der Waals surface area contributed by atoms with Crippen molar-refractivity contribution < 1.29 is 9.90 Å². The third-order valence-electron chi connectivity index (χ3n) is 2.78. The molecule has 0 saturated heterocycles. The number of thiophene rings is 1. The van der Waals surface area contributed by atoms with Gasteiger partial charge in [-0.1, -0.05) is 13.0 Å². The average molecular weight is 296 g/mol. The molecule has 0 spiro atoms. The van der Waals surface area contributed by atoms with Gasteiger partial charge in [-0.05, 0) is 24.8 Å². The largest absolute Gasteiger partial charge is 0.394 e. The zero-order valence-corrected chi connectivity index (χ0v) is 12.5. The molecule has 0 bridgehead atoms. The van der Waals surface area contributed by atoms with Gasteiger partial charge >= 0.3 is 0 Å². The Morgan fingerprint density at radius 2 is 2.37 bits per heavy atom. The lowest BCUT2D eigenvalue weighted by molar-refractivity contribution is 0.0918. The van der Waals surface area contributed by atoms with Crippen molar-refractivity contribution in [3.8, 4) is 9.88 Å². The van der Waals surface area contributed by atoms with E-state index >= 15 is 0 Å². The van der Waals surface area contributed by atoms with Crippen LogP contribution >= 0.6 is 22.7 Å². The van der Waals surface area contributed by atoms with Crippen molar-refractivity contribution in [1.29, 1.82) is 0 Å². The van der Waals surface area contributed by atoms with E-state index in [2.05, 4.69) is 10.3 Å². The molecular weight excluding hydrogens is 280 g/mol. The Kier molecular flexibility index (Phi) is 4.68. The van der Waals surface area contributed by atoms with Crippen LogP contribution in [0.25, 0.3) is 9.88 Å². The minimum atomic E-state index is -0.195. The monoisotopic (exact) mass is 296 g/mol. The summed E-state index contributed by atoms with van der Waals surface area (Å²) < 4.78 is 0. The summed E-state index contributed by atoms with van der Waals surface area (Å²) in [5.41, 5.74) is 0.735. The third kappa shape index (κ3) is 3.20. The fourth-order valence-electron chi connectivity index (χ4n) is 1.64. The lowest BCUT2D eigenvalue weighted by atomic mass is 10.2. The van der Waals surface area contributed by atoms with Gasteiger partial charge in [-0.25, -0.2) is 4.98 Å². The van der Waals surface area contributed by atoms with E-state index in [1.807, 2.05) is 31.4 Å². The van der Waals surface area contributed by atoms with Crippen LogP contribution in [-0.4, -0.2) is 28.6 Å². The van der Waals surface area contributed by atoms with E-state index in [-0.39, 0.29) is 18.6 Å². The molecule has 6 heteroatoms. The number of rotatable bonds is 5. The van der Waals surface area contributed by atoms with Crippen LogP contribution in [-0.2, 0) is 0 Å². The van der Waals surface area contributed by atoms with Crippen LogP contribution in [0.5, 0.6) is 0 Å². The first-order valence-electron chi connectivity index (χ1n) is 6.08. The van der Waals surface area contributed by atoms with Crippen molar-refractivity contribution in [2.24, 2.45) is 0 Å². The first-order valence-corrected chi connectivity index (χ1v) is 7.78. The molecule has 1 atom stereocenters. The van der Waals surface area contributed by atoms with Gasteiger partial charge in [-0.3, -0.25) is 4.79 Å². The van der Waals surface area contributed by atoms with Gasteiger partial charge in [0.1, 0.15) is 9.88 Å². The second kappa shape index (κ2) is 6.27. The molecule has 0 aliphatic heterocycles. The summed E-state index contributed by atoms with van der Waals surface area (Å²) in [6.45, 7) is 3.72.